The molecule has 1 unspecified atom stereocenters. The summed E-state index contributed by atoms with van der Waals surface area (Å²) < 4.78 is 41.1. The van der Waals surface area contributed by atoms with Gasteiger partial charge in [-0.3, -0.25) is 9.59 Å². The van der Waals surface area contributed by atoms with Crippen LogP contribution in [0, 0.1) is 12.8 Å². The van der Waals surface area contributed by atoms with Crippen molar-refractivity contribution in [2.24, 2.45) is 5.92 Å². The number of fused-ring (bicyclic) bond motifs is 1. The molecule has 0 fully saturated rings. The maximum Gasteiger partial charge on any atom is 0.321 e. The number of benzene rings is 2. The second kappa shape index (κ2) is 11.3. The predicted octanol–water partition coefficient (Wildman–Crippen LogP) is 5.55. The van der Waals surface area contributed by atoms with E-state index in [-0.39, 0.29) is 33.6 Å². The Morgan fingerprint density at radius 1 is 1.15 bits per heavy atom. The smallest absolute Gasteiger partial charge is 0.321 e. The number of halogens is 2. The number of amides is 1. The molecule has 3 aromatic rings. The zero-order valence-electron chi connectivity index (χ0n) is 22.1. The summed E-state index contributed by atoms with van der Waals surface area (Å²) in [5.41, 5.74) is 2.07. The Kier molecular flexibility index (Phi) is 8.37. The third kappa shape index (κ3) is 5.36. The van der Waals surface area contributed by atoms with Crippen LogP contribution in [0.15, 0.2) is 59.0 Å². The zero-order chi connectivity index (χ0) is 29.4. The molecule has 0 saturated heterocycles. The van der Waals surface area contributed by atoms with Crippen molar-refractivity contribution in [3.05, 3.63) is 81.6 Å². The molecule has 2 aromatic carbocycles. The lowest BCUT2D eigenvalue weighted by molar-refractivity contribution is -0.140. The van der Waals surface area contributed by atoms with Gasteiger partial charge < -0.3 is 19.6 Å². The number of carboxylic acids is 1. The first-order valence-corrected chi connectivity index (χ1v) is 14.5. The zero-order valence-corrected chi connectivity index (χ0v) is 24.4. The van der Waals surface area contributed by atoms with Crippen LogP contribution in [0.1, 0.15) is 41.9 Å². The van der Waals surface area contributed by atoms with Gasteiger partial charge in [0.05, 0.1) is 22.5 Å². The van der Waals surface area contributed by atoms with Crippen LogP contribution < -0.4 is 14.8 Å². The Bertz CT molecular complexity index is 1650. The first kappa shape index (κ1) is 29.7. The highest BCUT2D eigenvalue weighted by molar-refractivity contribution is 7.91. The van der Waals surface area contributed by atoms with E-state index in [1.165, 1.54) is 19.3 Å². The summed E-state index contributed by atoms with van der Waals surface area (Å²) in [7, 11) is -3.11. The van der Waals surface area contributed by atoms with Crippen molar-refractivity contribution < 1.29 is 32.3 Å². The number of carboxylic acid groups (broad SMARTS) is 1. The van der Waals surface area contributed by atoms with E-state index in [0.717, 1.165) is 11.1 Å². The molecular formula is C28H28Cl2N2O7S. The molecule has 0 radical (unpaired) electrons. The Morgan fingerprint density at radius 3 is 2.38 bits per heavy atom. The van der Waals surface area contributed by atoms with E-state index in [1.807, 2.05) is 30.3 Å². The minimum Gasteiger partial charge on any atom is -0.494 e. The lowest BCUT2D eigenvalue weighted by Crippen LogP contribution is -2.60. The number of sulfonamides is 1. The number of nitrogens with one attached hydrogen (secondary N) is 2. The number of furan rings is 1. The molecule has 1 heterocycles. The van der Waals surface area contributed by atoms with Crippen LogP contribution in [-0.2, 0) is 14.8 Å². The molecule has 0 saturated carbocycles. The largest absolute Gasteiger partial charge is 0.494 e. The Balaban J connectivity index is 1.79. The molecule has 3 N–H and O–H groups in total. The standard InChI is InChI=1S/C28H28Cl2N2O7S/c1-15(2)22(27(34)35)32-40(36,37)28(12-10-18(11-13-28)17-8-6-5-7-9-17)31-26(33)23-16(3)21-24(38-4)19(29)14-20(30)25(21)39-23/h5-12,14-15,22,32H,13H2,1-4H3,(H,31,33)(H,34,35)/t22-,28?/m0/s1. The minimum absolute atomic E-state index is 0.140. The van der Waals surface area contributed by atoms with Gasteiger partial charge in [0.1, 0.15) is 11.8 Å². The van der Waals surface area contributed by atoms with Gasteiger partial charge in [-0.25, -0.2) is 8.42 Å². The third-order valence-electron chi connectivity index (χ3n) is 6.76. The summed E-state index contributed by atoms with van der Waals surface area (Å²) in [5.74, 6) is -2.71. The van der Waals surface area contributed by atoms with Crippen molar-refractivity contribution in [3.8, 4) is 5.75 Å². The quantitative estimate of drug-likeness (QED) is 0.290. The number of hydrogen-bond donors (Lipinski definition) is 3. The van der Waals surface area contributed by atoms with Crippen LogP contribution in [0.4, 0.5) is 0 Å². The monoisotopic (exact) mass is 606 g/mol. The van der Waals surface area contributed by atoms with E-state index >= 15 is 0 Å². The lowest BCUT2D eigenvalue weighted by atomic mass is 9.96. The number of carbonyl (C=O) groups is 2. The van der Waals surface area contributed by atoms with Crippen LogP contribution in [0.2, 0.25) is 10.0 Å². The summed E-state index contributed by atoms with van der Waals surface area (Å²) in [6, 6.07) is 9.29. The summed E-state index contributed by atoms with van der Waals surface area (Å²) in [6.45, 7) is 4.76. The highest BCUT2D eigenvalue weighted by Crippen LogP contribution is 2.42. The number of hydrogen-bond acceptors (Lipinski definition) is 6. The van der Waals surface area contributed by atoms with Crippen LogP contribution >= 0.6 is 23.2 Å². The lowest BCUT2D eigenvalue weighted by Gasteiger charge is -2.34. The molecule has 9 nitrogen and oxygen atoms in total. The first-order valence-electron chi connectivity index (χ1n) is 12.3. The van der Waals surface area contributed by atoms with Gasteiger partial charge in [-0.1, -0.05) is 79.5 Å². The van der Waals surface area contributed by atoms with Crippen LogP contribution in [0.5, 0.6) is 5.75 Å². The van der Waals surface area contributed by atoms with Gasteiger partial charge in [-0.2, -0.15) is 4.72 Å². The van der Waals surface area contributed by atoms with Gasteiger partial charge in [-0.05, 0) is 36.1 Å². The van der Waals surface area contributed by atoms with Crippen LogP contribution in [0.3, 0.4) is 0 Å². The average Bonchev–Trinajstić information content (AvgIpc) is 3.25. The SMILES string of the molecule is COc1c(Cl)cc(Cl)c2oc(C(=O)NC3(S(=O)(=O)N[C@H](C(=O)O)C(C)C)C=CC(c4ccccc4)=CC3)c(C)c12. The molecular weight excluding hydrogens is 579 g/mol. The first-order chi connectivity index (χ1) is 18.8. The van der Waals surface area contributed by atoms with E-state index in [1.54, 1.807) is 32.9 Å². The molecule has 1 amide bonds. The van der Waals surface area contributed by atoms with Crippen molar-refractivity contribution in [2.45, 2.75) is 38.1 Å². The molecule has 1 aliphatic rings. The average molecular weight is 608 g/mol. The highest BCUT2D eigenvalue weighted by atomic mass is 35.5. The normalized spacial score (nSPS) is 18.0. The summed E-state index contributed by atoms with van der Waals surface area (Å²) >= 11 is 12.6. The van der Waals surface area contributed by atoms with E-state index in [9.17, 15) is 23.1 Å². The topological polar surface area (TPSA) is 135 Å². The van der Waals surface area contributed by atoms with Gasteiger partial charge in [0.25, 0.3) is 5.91 Å². The fraction of sp³-hybridized carbons (Fsp3) is 0.286. The summed E-state index contributed by atoms with van der Waals surface area (Å²) in [6.07, 6.45) is 4.41. The maximum absolute atomic E-state index is 13.8. The van der Waals surface area contributed by atoms with E-state index in [4.69, 9.17) is 32.4 Å². The fourth-order valence-electron chi connectivity index (χ4n) is 4.55. The Morgan fingerprint density at radius 2 is 1.82 bits per heavy atom. The number of methoxy groups -OCH3 is 1. The number of aryl methyl sites for hydroxylation is 1. The number of ether oxygens (including phenoxy) is 1. The number of rotatable bonds is 9. The fourth-order valence-corrected chi connectivity index (χ4v) is 6.83. The molecule has 0 spiro atoms. The number of carbonyl (C=O) groups excluding carboxylic acids is 1. The number of allylic oxidation sites excluding steroid dienone is 2. The van der Waals surface area contributed by atoms with Gasteiger partial charge in [0, 0.05) is 12.0 Å². The predicted molar refractivity (Wildman–Crippen MR) is 154 cm³/mol. The molecule has 4 rings (SSSR count). The van der Waals surface area contributed by atoms with Gasteiger partial charge in [-0.15, -0.1) is 0 Å². The molecule has 12 heteroatoms. The Hall–Kier alpha value is -3.31. The molecule has 2 atom stereocenters. The maximum atomic E-state index is 13.8. The van der Waals surface area contributed by atoms with Crippen LogP contribution in [0.25, 0.3) is 16.5 Å². The molecule has 1 aromatic heterocycles. The van der Waals surface area contributed by atoms with E-state index in [0.29, 0.717) is 10.9 Å². The van der Waals surface area contributed by atoms with E-state index < -0.39 is 38.7 Å². The minimum atomic E-state index is -4.52. The van der Waals surface area contributed by atoms with Gasteiger partial charge >= 0.3 is 5.97 Å². The molecule has 40 heavy (non-hydrogen) atoms. The van der Waals surface area contributed by atoms with Crippen molar-refractivity contribution >= 4 is 61.6 Å². The molecule has 0 aliphatic heterocycles. The van der Waals surface area contributed by atoms with Crippen molar-refractivity contribution in [2.75, 3.05) is 7.11 Å². The molecule has 1 aliphatic carbocycles. The molecule has 0 bridgehead atoms. The van der Waals surface area contributed by atoms with Crippen molar-refractivity contribution in [1.82, 2.24) is 10.0 Å². The van der Waals surface area contributed by atoms with Gasteiger partial charge in [0.15, 0.2) is 16.2 Å². The summed E-state index contributed by atoms with van der Waals surface area (Å²) in [5, 5.41) is 13.0. The molecule has 212 valence electrons. The highest BCUT2D eigenvalue weighted by Gasteiger charge is 2.46. The van der Waals surface area contributed by atoms with E-state index in [2.05, 4.69) is 10.0 Å². The second-order valence-corrected chi connectivity index (χ2v) is 12.5. The third-order valence-corrected chi connectivity index (χ3v) is 9.25. The summed E-state index contributed by atoms with van der Waals surface area (Å²) in [4.78, 5) is 23.5. The van der Waals surface area contributed by atoms with Crippen molar-refractivity contribution in [1.29, 1.82) is 0 Å². The number of aliphatic carboxylic acids is 1. The van der Waals surface area contributed by atoms with Gasteiger partial charge in [0.2, 0.25) is 10.0 Å². The second-order valence-electron chi connectivity index (χ2n) is 9.72. The van der Waals surface area contributed by atoms with Crippen molar-refractivity contribution in [3.63, 3.8) is 0 Å². The van der Waals surface area contributed by atoms with Crippen LogP contribution in [-0.4, -0.2) is 43.4 Å². The Labute approximate surface area is 241 Å².